The number of fused-ring (bicyclic) bond motifs is 6. The zero-order valence-electron chi connectivity index (χ0n) is 31.1. The Hall–Kier alpha value is -7.20. The van der Waals surface area contributed by atoms with Crippen LogP contribution >= 0.6 is 11.3 Å². The number of hydrogen-bond donors (Lipinski definition) is 0. The van der Waals surface area contributed by atoms with Gasteiger partial charge < -0.3 is 9.47 Å². The SMILES string of the molecule is c1ccc(-c2ccc(N(c3ccccc3)c3cccc4c3c3ccccc3n4-c3ccc(-c4ccccc4)c(-c4cccc5c4sc4ccccc45)c3)cc2)cc1. The number of thiophene rings is 1. The van der Waals surface area contributed by atoms with Crippen LogP contribution in [0.2, 0.25) is 0 Å². The highest BCUT2D eigenvalue weighted by molar-refractivity contribution is 7.26. The molecule has 11 rings (SSSR count). The average molecular weight is 745 g/mol. The molecule has 0 aliphatic carbocycles. The topological polar surface area (TPSA) is 8.17 Å². The Kier molecular flexibility index (Phi) is 8.04. The van der Waals surface area contributed by atoms with E-state index in [0.717, 1.165) is 28.3 Å². The molecule has 0 radical (unpaired) electrons. The van der Waals surface area contributed by atoms with Crippen molar-refractivity contribution in [1.82, 2.24) is 4.57 Å². The van der Waals surface area contributed by atoms with E-state index in [1.165, 1.54) is 69.8 Å². The number of rotatable bonds is 7. The Morgan fingerprint density at radius 2 is 0.965 bits per heavy atom. The van der Waals surface area contributed by atoms with Crippen molar-refractivity contribution in [2.75, 3.05) is 4.90 Å². The molecule has 0 atom stereocenters. The first-order chi connectivity index (χ1) is 28.3. The Morgan fingerprint density at radius 1 is 0.368 bits per heavy atom. The third-order valence-corrected chi connectivity index (χ3v) is 12.4. The van der Waals surface area contributed by atoms with Crippen molar-refractivity contribution < 1.29 is 0 Å². The minimum Gasteiger partial charge on any atom is -0.310 e. The van der Waals surface area contributed by atoms with Gasteiger partial charge in [-0.15, -0.1) is 11.3 Å². The summed E-state index contributed by atoms with van der Waals surface area (Å²) in [5.74, 6) is 0. The van der Waals surface area contributed by atoms with Gasteiger partial charge in [-0.05, 0) is 88.5 Å². The molecule has 0 spiro atoms. The number of para-hydroxylation sites is 2. The van der Waals surface area contributed by atoms with Crippen LogP contribution in [0.4, 0.5) is 17.1 Å². The molecule has 0 amide bonds. The molecule has 57 heavy (non-hydrogen) atoms. The lowest BCUT2D eigenvalue weighted by Crippen LogP contribution is -2.10. The smallest absolute Gasteiger partial charge is 0.0562 e. The monoisotopic (exact) mass is 744 g/mol. The molecule has 0 unspecified atom stereocenters. The van der Waals surface area contributed by atoms with E-state index in [-0.39, 0.29) is 0 Å². The maximum Gasteiger partial charge on any atom is 0.0562 e. The third kappa shape index (κ3) is 5.63. The Morgan fingerprint density at radius 3 is 1.75 bits per heavy atom. The molecule has 0 saturated carbocycles. The van der Waals surface area contributed by atoms with Crippen molar-refractivity contribution in [1.29, 1.82) is 0 Å². The summed E-state index contributed by atoms with van der Waals surface area (Å²) in [5, 5.41) is 5.04. The van der Waals surface area contributed by atoms with Crippen LogP contribution in [0.5, 0.6) is 0 Å². The average Bonchev–Trinajstić information content (AvgIpc) is 3.84. The van der Waals surface area contributed by atoms with Gasteiger partial charge in [0.05, 0.1) is 16.7 Å². The summed E-state index contributed by atoms with van der Waals surface area (Å²) in [5.41, 5.74) is 14.1. The maximum atomic E-state index is 2.46. The van der Waals surface area contributed by atoms with Gasteiger partial charge in [0.2, 0.25) is 0 Å². The first kappa shape index (κ1) is 33.2. The predicted octanol–water partition coefficient (Wildman–Crippen LogP) is 15.6. The summed E-state index contributed by atoms with van der Waals surface area (Å²) in [7, 11) is 0. The summed E-state index contributed by atoms with van der Waals surface area (Å²) in [6.45, 7) is 0. The van der Waals surface area contributed by atoms with E-state index in [0.29, 0.717) is 0 Å². The molecule has 0 saturated heterocycles. The molecule has 268 valence electrons. The highest BCUT2D eigenvalue weighted by Crippen LogP contribution is 2.46. The van der Waals surface area contributed by atoms with Crippen LogP contribution in [0.25, 0.3) is 81.0 Å². The molecular weight excluding hydrogens is 709 g/mol. The highest BCUT2D eigenvalue weighted by Gasteiger charge is 2.22. The van der Waals surface area contributed by atoms with Gasteiger partial charge in [0.1, 0.15) is 0 Å². The van der Waals surface area contributed by atoms with Gasteiger partial charge in [-0.1, -0.05) is 158 Å². The van der Waals surface area contributed by atoms with E-state index in [1.54, 1.807) is 0 Å². The van der Waals surface area contributed by atoms with Crippen molar-refractivity contribution in [2.45, 2.75) is 0 Å². The quantitative estimate of drug-likeness (QED) is 0.158. The third-order valence-electron chi connectivity index (χ3n) is 11.2. The Labute approximate surface area is 335 Å². The highest BCUT2D eigenvalue weighted by atomic mass is 32.1. The molecule has 11 aromatic rings. The predicted molar refractivity (Wildman–Crippen MR) is 245 cm³/mol. The summed E-state index contributed by atoms with van der Waals surface area (Å²) >= 11 is 1.88. The van der Waals surface area contributed by atoms with E-state index < -0.39 is 0 Å². The fourth-order valence-corrected chi connectivity index (χ4v) is 9.86. The van der Waals surface area contributed by atoms with E-state index in [2.05, 4.69) is 228 Å². The second kappa shape index (κ2) is 13.8. The number of anilines is 3. The van der Waals surface area contributed by atoms with Gasteiger partial charge in [0, 0.05) is 53.6 Å². The fraction of sp³-hybridized carbons (Fsp3) is 0. The van der Waals surface area contributed by atoms with Crippen LogP contribution in [-0.4, -0.2) is 4.57 Å². The lowest BCUT2D eigenvalue weighted by molar-refractivity contribution is 1.18. The van der Waals surface area contributed by atoms with Crippen molar-refractivity contribution in [3.63, 3.8) is 0 Å². The summed E-state index contributed by atoms with van der Waals surface area (Å²) < 4.78 is 5.08. The van der Waals surface area contributed by atoms with Gasteiger partial charge in [-0.3, -0.25) is 0 Å². The summed E-state index contributed by atoms with van der Waals surface area (Å²) in [4.78, 5) is 2.40. The fourth-order valence-electron chi connectivity index (χ4n) is 8.63. The van der Waals surface area contributed by atoms with Crippen molar-refractivity contribution >= 4 is 70.4 Å². The van der Waals surface area contributed by atoms with Crippen LogP contribution in [0.15, 0.2) is 218 Å². The molecule has 9 aromatic carbocycles. The van der Waals surface area contributed by atoms with Gasteiger partial charge in [-0.25, -0.2) is 0 Å². The second-order valence-electron chi connectivity index (χ2n) is 14.5. The van der Waals surface area contributed by atoms with E-state index >= 15 is 0 Å². The van der Waals surface area contributed by atoms with E-state index in [9.17, 15) is 0 Å². The molecule has 2 aromatic heterocycles. The molecule has 0 N–H and O–H groups in total. The largest absolute Gasteiger partial charge is 0.310 e. The minimum atomic E-state index is 1.11. The summed E-state index contributed by atoms with van der Waals surface area (Å²) in [6, 6.07) is 79.3. The van der Waals surface area contributed by atoms with Gasteiger partial charge in [-0.2, -0.15) is 0 Å². The molecule has 0 aliphatic rings. The van der Waals surface area contributed by atoms with E-state index in [1.807, 2.05) is 11.3 Å². The Balaban J connectivity index is 1.15. The number of aromatic nitrogens is 1. The zero-order valence-corrected chi connectivity index (χ0v) is 31.9. The first-order valence-electron chi connectivity index (χ1n) is 19.4. The molecule has 2 heterocycles. The van der Waals surface area contributed by atoms with Crippen LogP contribution in [0.1, 0.15) is 0 Å². The molecular formula is C54H36N2S. The molecule has 3 heteroatoms. The molecule has 2 nitrogen and oxygen atoms in total. The molecule has 0 fully saturated rings. The van der Waals surface area contributed by atoms with Crippen molar-refractivity contribution in [3.8, 4) is 39.1 Å². The summed E-state index contributed by atoms with van der Waals surface area (Å²) in [6.07, 6.45) is 0. The van der Waals surface area contributed by atoms with Crippen LogP contribution in [0.3, 0.4) is 0 Å². The van der Waals surface area contributed by atoms with Crippen molar-refractivity contribution in [2.24, 2.45) is 0 Å². The first-order valence-corrected chi connectivity index (χ1v) is 20.3. The number of nitrogens with zero attached hydrogens (tertiary/aromatic N) is 2. The number of hydrogen-bond acceptors (Lipinski definition) is 2. The second-order valence-corrected chi connectivity index (χ2v) is 15.5. The zero-order chi connectivity index (χ0) is 37.7. The maximum absolute atomic E-state index is 2.46. The van der Waals surface area contributed by atoms with Gasteiger partial charge in [0.15, 0.2) is 0 Å². The standard InChI is InChI=1S/C54H36N2S/c1-4-16-37(17-5-1)38-30-32-41(33-31-38)55(40-20-8-3-9-21-40)50-27-15-28-51-53(50)47-23-10-12-26-49(47)56(51)42-34-35-43(39-18-6-2-7-19-39)48(36-42)46-25-14-24-45-44-22-11-13-29-52(44)57-54(45)46/h1-36H. The molecule has 0 bridgehead atoms. The van der Waals surface area contributed by atoms with Crippen LogP contribution in [-0.2, 0) is 0 Å². The minimum absolute atomic E-state index is 1.11. The molecule has 0 aliphatic heterocycles. The van der Waals surface area contributed by atoms with E-state index in [4.69, 9.17) is 0 Å². The van der Waals surface area contributed by atoms with Crippen LogP contribution in [0, 0.1) is 0 Å². The number of benzene rings is 9. The Bertz CT molecular complexity index is 3220. The van der Waals surface area contributed by atoms with Gasteiger partial charge in [0.25, 0.3) is 0 Å². The lowest BCUT2D eigenvalue weighted by atomic mass is 9.93. The normalized spacial score (nSPS) is 11.5. The van der Waals surface area contributed by atoms with Crippen LogP contribution < -0.4 is 4.90 Å². The van der Waals surface area contributed by atoms with Crippen molar-refractivity contribution in [3.05, 3.63) is 218 Å². The van der Waals surface area contributed by atoms with Gasteiger partial charge >= 0.3 is 0 Å². The lowest BCUT2D eigenvalue weighted by Gasteiger charge is -2.26.